The van der Waals surface area contributed by atoms with Crippen LogP contribution in [0.5, 0.6) is 0 Å². The number of halogens is 2. The van der Waals surface area contributed by atoms with Crippen molar-refractivity contribution in [2.24, 2.45) is 0 Å². The van der Waals surface area contributed by atoms with E-state index in [2.05, 4.69) is 26.6 Å². The Kier molecular flexibility index (Phi) is 3.66. The van der Waals surface area contributed by atoms with E-state index < -0.39 is 6.04 Å². The highest BCUT2D eigenvalue weighted by Gasteiger charge is 2.25. The average Bonchev–Trinajstić information content (AvgIpc) is 3.07. The standard InChI is InChI=1S/C12H14BrFN2O/c1-7(12(17)16-9-3-4-9)15-11-6-8(13)2-5-10(11)14/h2,5-7,9,15H,3-4H2,1H3,(H,16,17). The molecule has 0 aromatic heterocycles. The Morgan fingerprint density at radius 1 is 1.53 bits per heavy atom. The summed E-state index contributed by atoms with van der Waals surface area (Å²) in [4.78, 5) is 11.7. The second-order valence-corrected chi connectivity index (χ2v) is 5.19. The molecule has 0 aliphatic heterocycles. The fraction of sp³-hybridized carbons (Fsp3) is 0.417. The van der Waals surface area contributed by atoms with Crippen LogP contribution in [0.15, 0.2) is 22.7 Å². The van der Waals surface area contributed by atoms with Crippen molar-refractivity contribution in [3.8, 4) is 0 Å². The Labute approximate surface area is 108 Å². The molecule has 0 radical (unpaired) electrons. The van der Waals surface area contributed by atoms with Gasteiger partial charge in [0.25, 0.3) is 0 Å². The van der Waals surface area contributed by atoms with Crippen molar-refractivity contribution < 1.29 is 9.18 Å². The molecule has 1 aliphatic rings. The van der Waals surface area contributed by atoms with Crippen LogP contribution < -0.4 is 10.6 Å². The molecule has 1 unspecified atom stereocenters. The van der Waals surface area contributed by atoms with E-state index >= 15 is 0 Å². The van der Waals surface area contributed by atoms with E-state index in [0.29, 0.717) is 11.7 Å². The molecule has 17 heavy (non-hydrogen) atoms. The van der Waals surface area contributed by atoms with Crippen molar-refractivity contribution in [2.45, 2.75) is 31.8 Å². The van der Waals surface area contributed by atoms with Gasteiger partial charge in [-0.3, -0.25) is 4.79 Å². The van der Waals surface area contributed by atoms with E-state index in [1.165, 1.54) is 6.07 Å². The van der Waals surface area contributed by atoms with Crippen LogP contribution in [0.2, 0.25) is 0 Å². The number of carbonyl (C=O) groups excluding carboxylic acids is 1. The van der Waals surface area contributed by atoms with Gasteiger partial charge in [0.05, 0.1) is 5.69 Å². The second-order valence-electron chi connectivity index (χ2n) is 4.27. The molecular weight excluding hydrogens is 287 g/mol. The number of hydrogen-bond acceptors (Lipinski definition) is 2. The molecule has 1 aromatic rings. The number of nitrogens with one attached hydrogen (secondary N) is 2. The van der Waals surface area contributed by atoms with Crippen molar-refractivity contribution in [3.63, 3.8) is 0 Å². The average molecular weight is 301 g/mol. The monoisotopic (exact) mass is 300 g/mol. The van der Waals surface area contributed by atoms with Crippen LogP contribution in [0.25, 0.3) is 0 Å². The Balaban J connectivity index is 1.98. The van der Waals surface area contributed by atoms with Gasteiger partial charge in [0, 0.05) is 10.5 Å². The molecule has 3 nitrogen and oxygen atoms in total. The van der Waals surface area contributed by atoms with Crippen LogP contribution in [0.3, 0.4) is 0 Å². The molecule has 1 aromatic carbocycles. The zero-order valence-corrected chi connectivity index (χ0v) is 11.1. The minimum Gasteiger partial charge on any atom is -0.371 e. The number of carbonyl (C=O) groups is 1. The first-order valence-electron chi connectivity index (χ1n) is 5.58. The van der Waals surface area contributed by atoms with Gasteiger partial charge in [-0.25, -0.2) is 4.39 Å². The molecular formula is C12H14BrFN2O. The summed E-state index contributed by atoms with van der Waals surface area (Å²) in [6, 6.07) is 4.47. The van der Waals surface area contributed by atoms with Gasteiger partial charge in [-0.1, -0.05) is 15.9 Å². The predicted octanol–water partition coefficient (Wildman–Crippen LogP) is 2.67. The summed E-state index contributed by atoms with van der Waals surface area (Å²) in [5, 5.41) is 5.74. The van der Waals surface area contributed by atoms with Crippen LogP contribution >= 0.6 is 15.9 Å². The number of rotatable bonds is 4. The zero-order chi connectivity index (χ0) is 12.4. The largest absolute Gasteiger partial charge is 0.371 e. The molecule has 1 atom stereocenters. The van der Waals surface area contributed by atoms with E-state index in [9.17, 15) is 9.18 Å². The second kappa shape index (κ2) is 5.04. The van der Waals surface area contributed by atoms with Crippen molar-refractivity contribution in [1.82, 2.24) is 5.32 Å². The van der Waals surface area contributed by atoms with E-state index in [0.717, 1.165) is 17.3 Å². The van der Waals surface area contributed by atoms with Crippen molar-refractivity contribution in [2.75, 3.05) is 5.32 Å². The molecule has 1 saturated carbocycles. The van der Waals surface area contributed by atoms with E-state index in [1.54, 1.807) is 19.1 Å². The van der Waals surface area contributed by atoms with E-state index in [-0.39, 0.29) is 11.7 Å². The third-order valence-electron chi connectivity index (χ3n) is 2.62. The van der Waals surface area contributed by atoms with Crippen LogP contribution in [0.1, 0.15) is 19.8 Å². The van der Waals surface area contributed by atoms with Gasteiger partial charge in [-0.2, -0.15) is 0 Å². The molecule has 1 fully saturated rings. The predicted molar refractivity (Wildman–Crippen MR) is 68.3 cm³/mol. The molecule has 2 N–H and O–H groups in total. The highest BCUT2D eigenvalue weighted by molar-refractivity contribution is 9.10. The van der Waals surface area contributed by atoms with Crippen molar-refractivity contribution in [3.05, 3.63) is 28.5 Å². The minimum absolute atomic E-state index is 0.0909. The van der Waals surface area contributed by atoms with E-state index in [1.807, 2.05) is 0 Å². The van der Waals surface area contributed by atoms with Gasteiger partial charge < -0.3 is 10.6 Å². The van der Waals surface area contributed by atoms with Gasteiger partial charge in [-0.15, -0.1) is 0 Å². The summed E-state index contributed by atoms with van der Waals surface area (Å²) in [7, 11) is 0. The lowest BCUT2D eigenvalue weighted by atomic mass is 10.2. The molecule has 92 valence electrons. The first-order valence-corrected chi connectivity index (χ1v) is 6.37. The smallest absolute Gasteiger partial charge is 0.242 e. The van der Waals surface area contributed by atoms with Gasteiger partial charge in [0.1, 0.15) is 11.9 Å². The summed E-state index contributed by atoms with van der Waals surface area (Å²) in [5.74, 6) is -0.453. The zero-order valence-electron chi connectivity index (χ0n) is 9.47. The molecule has 5 heteroatoms. The summed E-state index contributed by atoms with van der Waals surface area (Å²) in [6.45, 7) is 1.72. The lowest BCUT2D eigenvalue weighted by Gasteiger charge is -2.15. The minimum atomic E-state index is -0.445. The molecule has 0 saturated heterocycles. The molecule has 1 aliphatic carbocycles. The Bertz CT molecular complexity index is 435. The lowest BCUT2D eigenvalue weighted by molar-refractivity contribution is -0.121. The summed E-state index contributed by atoms with van der Waals surface area (Å²) < 4.78 is 14.2. The maximum absolute atomic E-state index is 13.5. The topological polar surface area (TPSA) is 41.1 Å². The summed E-state index contributed by atoms with van der Waals surface area (Å²) in [6.07, 6.45) is 2.09. The Morgan fingerprint density at radius 2 is 2.24 bits per heavy atom. The number of benzene rings is 1. The first kappa shape index (κ1) is 12.4. The van der Waals surface area contributed by atoms with Gasteiger partial charge in [0.2, 0.25) is 5.91 Å². The third-order valence-corrected chi connectivity index (χ3v) is 3.11. The first-order chi connectivity index (χ1) is 8.06. The lowest BCUT2D eigenvalue weighted by Crippen LogP contribution is -2.38. The van der Waals surface area contributed by atoms with Crippen LogP contribution in [0.4, 0.5) is 10.1 Å². The fourth-order valence-corrected chi connectivity index (χ4v) is 1.82. The maximum atomic E-state index is 13.5. The highest BCUT2D eigenvalue weighted by atomic mass is 79.9. The van der Waals surface area contributed by atoms with Crippen molar-refractivity contribution in [1.29, 1.82) is 0 Å². The van der Waals surface area contributed by atoms with Gasteiger partial charge in [0.15, 0.2) is 0 Å². The summed E-state index contributed by atoms with van der Waals surface area (Å²) >= 11 is 3.27. The molecule has 0 bridgehead atoms. The third kappa shape index (κ3) is 3.43. The highest BCUT2D eigenvalue weighted by Crippen LogP contribution is 2.21. The Morgan fingerprint density at radius 3 is 2.88 bits per heavy atom. The quantitative estimate of drug-likeness (QED) is 0.897. The number of amides is 1. The maximum Gasteiger partial charge on any atom is 0.242 e. The van der Waals surface area contributed by atoms with Crippen molar-refractivity contribution >= 4 is 27.5 Å². The van der Waals surface area contributed by atoms with Crippen LogP contribution in [-0.4, -0.2) is 18.0 Å². The summed E-state index contributed by atoms with van der Waals surface area (Å²) in [5.41, 5.74) is 0.331. The molecule has 1 amide bonds. The van der Waals surface area contributed by atoms with Gasteiger partial charge in [-0.05, 0) is 38.0 Å². The fourth-order valence-electron chi connectivity index (χ4n) is 1.46. The Hall–Kier alpha value is -1.10. The van der Waals surface area contributed by atoms with Crippen LogP contribution in [0, 0.1) is 5.82 Å². The molecule has 0 heterocycles. The SMILES string of the molecule is CC(Nc1cc(Br)ccc1F)C(=O)NC1CC1. The normalized spacial score (nSPS) is 16.4. The number of anilines is 1. The van der Waals surface area contributed by atoms with Gasteiger partial charge >= 0.3 is 0 Å². The number of hydrogen-bond donors (Lipinski definition) is 2. The van der Waals surface area contributed by atoms with Crippen LogP contribution in [-0.2, 0) is 4.79 Å². The molecule has 2 rings (SSSR count). The van der Waals surface area contributed by atoms with E-state index in [4.69, 9.17) is 0 Å². The molecule has 0 spiro atoms.